The SMILES string of the molecule is COC(=O)Cc1csc(-c2ccc(C(F)(F)F)cc2)n1. The molecule has 2 aromatic rings. The van der Waals surface area contributed by atoms with E-state index in [1.54, 1.807) is 5.38 Å². The molecule has 0 saturated heterocycles. The Morgan fingerprint density at radius 1 is 1.30 bits per heavy atom. The predicted octanol–water partition coefficient (Wildman–Crippen LogP) is 3.54. The summed E-state index contributed by atoms with van der Waals surface area (Å²) < 4.78 is 41.9. The Balaban J connectivity index is 2.18. The fourth-order valence-corrected chi connectivity index (χ4v) is 2.37. The first kappa shape index (κ1) is 14.5. The zero-order valence-corrected chi connectivity index (χ0v) is 11.2. The number of thiazole rings is 1. The van der Waals surface area contributed by atoms with Crippen LogP contribution in [0.4, 0.5) is 13.2 Å². The van der Waals surface area contributed by atoms with Crippen LogP contribution in [0, 0.1) is 0 Å². The summed E-state index contributed by atoms with van der Waals surface area (Å²) in [7, 11) is 1.28. The summed E-state index contributed by atoms with van der Waals surface area (Å²) in [6.07, 6.45) is -4.30. The van der Waals surface area contributed by atoms with Crippen molar-refractivity contribution in [2.45, 2.75) is 12.6 Å². The zero-order chi connectivity index (χ0) is 14.8. The van der Waals surface area contributed by atoms with Crippen molar-refractivity contribution < 1.29 is 22.7 Å². The van der Waals surface area contributed by atoms with Crippen LogP contribution in [0.1, 0.15) is 11.3 Å². The quantitative estimate of drug-likeness (QED) is 0.814. The van der Waals surface area contributed by atoms with E-state index in [2.05, 4.69) is 9.72 Å². The van der Waals surface area contributed by atoms with Gasteiger partial charge in [0.05, 0.1) is 24.8 Å². The molecule has 0 aliphatic carbocycles. The van der Waals surface area contributed by atoms with Gasteiger partial charge in [0.2, 0.25) is 0 Å². The van der Waals surface area contributed by atoms with E-state index in [-0.39, 0.29) is 6.42 Å². The second kappa shape index (κ2) is 5.62. The molecule has 0 radical (unpaired) electrons. The summed E-state index contributed by atoms with van der Waals surface area (Å²) >= 11 is 1.27. The lowest BCUT2D eigenvalue weighted by atomic mass is 10.1. The summed E-state index contributed by atoms with van der Waals surface area (Å²) in [6.45, 7) is 0. The van der Waals surface area contributed by atoms with Gasteiger partial charge in [0.25, 0.3) is 0 Å². The lowest BCUT2D eigenvalue weighted by molar-refractivity contribution is -0.140. The molecule has 2 rings (SSSR count). The average Bonchev–Trinajstić information content (AvgIpc) is 2.86. The number of rotatable bonds is 3. The number of carbonyl (C=O) groups is 1. The van der Waals surface area contributed by atoms with Gasteiger partial charge in [-0.2, -0.15) is 13.2 Å². The highest BCUT2D eigenvalue weighted by Crippen LogP contribution is 2.31. The van der Waals surface area contributed by atoms with Gasteiger partial charge in [0.1, 0.15) is 5.01 Å². The first-order valence-electron chi connectivity index (χ1n) is 5.59. The van der Waals surface area contributed by atoms with Crippen LogP contribution in [0.5, 0.6) is 0 Å². The van der Waals surface area contributed by atoms with Crippen molar-refractivity contribution in [2.75, 3.05) is 7.11 Å². The van der Waals surface area contributed by atoms with Gasteiger partial charge in [-0.1, -0.05) is 12.1 Å². The minimum absolute atomic E-state index is 0.0492. The third kappa shape index (κ3) is 3.36. The number of benzene rings is 1. The van der Waals surface area contributed by atoms with Crippen molar-refractivity contribution >= 4 is 17.3 Å². The summed E-state index contributed by atoms with van der Waals surface area (Å²) in [5.41, 5.74) is 0.420. The summed E-state index contributed by atoms with van der Waals surface area (Å²) in [6, 6.07) is 4.75. The number of hydrogen-bond acceptors (Lipinski definition) is 4. The predicted molar refractivity (Wildman–Crippen MR) is 68.3 cm³/mol. The van der Waals surface area contributed by atoms with Crippen molar-refractivity contribution in [1.29, 1.82) is 0 Å². The van der Waals surface area contributed by atoms with Gasteiger partial charge in [-0.25, -0.2) is 4.98 Å². The fourth-order valence-electron chi connectivity index (χ4n) is 1.54. The molecule has 0 atom stereocenters. The lowest BCUT2D eigenvalue weighted by Gasteiger charge is -2.06. The van der Waals surface area contributed by atoms with E-state index in [9.17, 15) is 18.0 Å². The molecule has 20 heavy (non-hydrogen) atoms. The molecule has 0 amide bonds. The summed E-state index contributed by atoms with van der Waals surface area (Å²) in [5.74, 6) is -0.408. The molecule has 3 nitrogen and oxygen atoms in total. The molecule has 1 heterocycles. The number of aromatic nitrogens is 1. The Hall–Kier alpha value is -1.89. The molecule has 0 spiro atoms. The van der Waals surface area contributed by atoms with E-state index in [1.165, 1.54) is 30.6 Å². The molecule has 1 aromatic heterocycles. The van der Waals surface area contributed by atoms with Crippen LogP contribution in [0.2, 0.25) is 0 Å². The zero-order valence-electron chi connectivity index (χ0n) is 10.4. The van der Waals surface area contributed by atoms with E-state index in [4.69, 9.17) is 0 Å². The summed E-state index contributed by atoms with van der Waals surface area (Å²) in [5, 5.41) is 2.25. The van der Waals surface area contributed by atoms with Gasteiger partial charge < -0.3 is 4.74 Å². The molecule has 0 saturated carbocycles. The number of hydrogen-bond donors (Lipinski definition) is 0. The number of alkyl halides is 3. The average molecular weight is 301 g/mol. The van der Waals surface area contributed by atoms with Gasteiger partial charge >= 0.3 is 12.1 Å². The van der Waals surface area contributed by atoms with Gasteiger partial charge in [-0.3, -0.25) is 4.79 Å². The van der Waals surface area contributed by atoms with Gasteiger partial charge in [-0.05, 0) is 12.1 Å². The number of nitrogens with zero attached hydrogens (tertiary/aromatic N) is 1. The maximum absolute atomic E-state index is 12.4. The van der Waals surface area contributed by atoms with Crippen molar-refractivity contribution in [3.05, 3.63) is 40.9 Å². The van der Waals surface area contributed by atoms with Crippen molar-refractivity contribution in [3.63, 3.8) is 0 Å². The van der Waals surface area contributed by atoms with Crippen molar-refractivity contribution in [3.8, 4) is 10.6 Å². The first-order chi connectivity index (χ1) is 9.40. The number of halogens is 3. The van der Waals surface area contributed by atoms with Crippen molar-refractivity contribution in [2.24, 2.45) is 0 Å². The highest BCUT2D eigenvalue weighted by atomic mass is 32.1. The van der Waals surface area contributed by atoms with E-state index in [0.717, 1.165) is 12.1 Å². The van der Waals surface area contributed by atoms with Gasteiger partial charge in [0.15, 0.2) is 0 Å². The Kier molecular flexibility index (Phi) is 4.08. The molecule has 0 bridgehead atoms. The Labute approximate surface area is 117 Å². The van der Waals surface area contributed by atoms with Crippen LogP contribution in [0.3, 0.4) is 0 Å². The maximum atomic E-state index is 12.4. The minimum atomic E-state index is -4.35. The topological polar surface area (TPSA) is 39.2 Å². The fraction of sp³-hybridized carbons (Fsp3) is 0.231. The molecule has 0 aliphatic rings. The van der Waals surface area contributed by atoms with Crippen LogP contribution >= 0.6 is 11.3 Å². The Bertz CT molecular complexity index is 605. The van der Waals surface area contributed by atoms with Crippen LogP contribution in [-0.2, 0) is 22.1 Å². The minimum Gasteiger partial charge on any atom is -0.469 e. The van der Waals surface area contributed by atoms with E-state index >= 15 is 0 Å². The molecule has 0 unspecified atom stereocenters. The van der Waals surface area contributed by atoms with Crippen molar-refractivity contribution in [1.82, 2.24) is 4.98 Å². The largest absolute Gasteiger partial charge is 0.469 e. The second-order valence-corrected chi connectivity index (χ2v) is 4.83. The third-order valence-electron chi connectivity index (χ3n) is 2.56. The van der Waals surface area contributed by atoms with Gasteiger partial charge in [-0.15, -0.1) is 11.3 Å². The molecule has 0 fully saturated rings. The standard InChI is InChI=1S/C13H10F3NO2S/c1-19-11(18)6-10-7-20-12(17-10)8-2-4-9(5-3-8)13(14,15)16/h2-5,7H,6H2,1H3. The molecular formula is C13H10F3NO2S. The highest BCUT2D eigenvalue weighted by Gasteiger charge is 2.30. The van der Waals surface area contributed by atoms with Crippen LogP contribution in [-0.4, -0.2) is 18.1 Å². The number of esters is 1. The summed E-state index contributed by atoms with van der Waals surface area (Å²) in [4.78, 5) is 15.3. The second-order valence-electron chi connectivity index (χ2n) is 3.97. The van der Waals surface area contributed by atoms with E-state index < -0.39 is 17.7 Å². The van der Waals surface area contributed by atoms with Crippen LogP contribution in [0.25, 0.3) is 10.6 Å². The molecular weight excluding hydrogens is 291 g/mol. The van der Waals surface area contributed by atoms with E-state index in [1.807, 2.05) is 0 Å². The molecule has 0 aliphatic heterocycles. The highest BCUT2D eigenvalue weighted by molar-refractivity contribution is 7.13. The van der Waals surface area contributed by atoms with Crippen LogP contribution in [0.15, 0.2) is 29.6 Å². The normalized spacial score (nSPS) is 11.4. The number of ether oxygens (including phenoxy) is 1. The van der Waals surface area contributed by atoms with Gasteiger partial charge in [0, 0.05) is 10.9 Å². The molecule has 0 N–H and O–H groups in total. The van der Waals surface area contributed by atoms with Crippen LogP contribution < -0.4 is 0 Å². The smallest absolute Gasteiger partial charge is 0.416 e. The molecule has 1 aromatic carbocycles. The maximum Gasteiger partial charge on any atom is 0.416 e. The van der Waals surface area contributed by atoms with E-state index in [0.29, 0.717) is 16.3 Å². The molecule has 7 heteroatoms. The lowest BCUT2D eigenvalue weighted by Crippen LogP contribution is -2.04. The Morgan fingerprint density at radius 3 is 2.50 bits per heavy atom. The third-order valence-corrected chi connectivity index (χ3v) is 3.50. The number of methoxy groups -OCH3 is 1. The number of carbonyl (C=O) groups excluding carboxylic acids is 1. The Morgan fingerprint density at radius 2 is 1.95 bits per heavy atom. The monoisotopic (exact) mass is 301 g/mol. The molecule has 106 valence electrons. The first-order valence-corrected chi connectivity index (χ1v) is 6.47.